The van der Waals surface area contributed by atoms with Crippen LogP contribution in [0.25, 0.3) is 0 Å². The van der Waals surface area contributed by atoms with Crippen molar-refractivity contribution in [1.29, 1.82) is 0 Å². The van der Waals surface area contributed by atoms with Crippen LogP contribution >= 0.6 is 0 Å². The molecule has 1 amide bonds. The Balaban J connectivity index is 1.85. The van der Waals surface area contributed by atoms with Gasteiger partial charge in [-0.3, -0.25) is 4.79 Å². The van der Waals surface area contributed by atoms with Gasteiger partial charge >= 0.3 is 0 Å². The van der Waals surface area contributed by atoms with E-state index in [1.807, 2.05) is 24.8 Å². The van der Waals surface area contributed by atoms with Gasteiger partial charge in [-0.05, 0) is 31.4 Å². The summed E-state index contributed by atoms with van der Waals surface area (Å²) in [4.78, 5) is 18.7. The van der Waals surface area contributed by atoms with Crippen LogP contribution < -0.4 is 10.6 Å². The van der Waals surface area contributed by atoms with E-state index >= 15 is 0 Å². The molecule has 132 valence electrons. The van der Waals surface area contributed by atoms with Crippen molar-refractivity contribution >= 4 is 11.9 Å². The van der Waals surface area contributed by atoms with Crippen LogP contribution in [0, 0.1) is 0 Å². The highest BCUT2D eigenvalue weighted by Crippen LogP contribution is 2.18. The first-order valence-electron chi connectivity index (χ1n) is 8.69. The lowest BCUT2D eigenvalue weighted by molar-refractivity contribution is -0.130. The first-order valence-corrected chi connectivity index (χ1v) is 8.69. The molecule has 2 rings (SSSR count). The number of nitrogens with zero attached hydrogens (tertiary/aromatic N) is 2. The van der Waals surface area contributed by atoms with E-state index in [9.17, 15) is 4.79 Å². The Morgan fingerprint density at radius 1 is 1.25 bits per heavy atom. The number of hydrogen-bond acceptors (Lipinski definition) is 3. The maximum Gasteiger partial charge on any atom is 0.244 e. The fourth-order valence-corrected chi connectivity index (χ4v) is 2.68. The summed E-state index contributed by atoms with van der Waals surface area (Å²) >= 11 is 0. The molecule has 1 aromatic carbocycles. The molecular formula is C18H28N4O2. The van der Waals surface area contributed by atoms with Crippen molar-refractivity contribution in [3.63, 3.8) is 0 Å². The average molecular weight is 332 g/mol. The van der Waals surface area contributed by atoms with Crippen LogP contribution in [0.3, 0.4) is 0 Å². The third-order valence-corrected chi connectivity index (χ3v) is 3.94. The van der Waals surface area contributed by atoms with Crippen LogP contribution in [0.2, 0.25) is 0 Å². The molecule has 1 aromatic rings. The number of benzene rings is 1. The van der Waals surface area contributed by atoms with Crippen molar-refractivity contribution < 1.29 is 9.53 Å². The largest absolute Gasteiger partial charge is 0.380 e. The van der Waals surface area contributed by atoms with Gasteiger partial charge in [-0.15, -0.1) is 0 Å². The Bertz CT molecular complexity index is 560. The van der Waals surface area contributed by atoms with Crippen molar-refractivity contribution in [1.82, 2.24) is 15.5 Å². The molecule has 24 heavy (non-hydrogen) atoms. The highest BCUT2D eigenvalue weighted by Gasteiger charge is 2.19. The maximum absolute atomic E-state index is 12.4. The molecule has 0 radical (unpaired) electrons. The zero-order valence-corrected chi connectivity index (χ0v) is 14.7. The molecule has 0 saturated heterocycles. The normalized spacial score (nSPS) is 14.2. The standard InChI is InChI=1S/C18H28N4O2/c1-3-19-18(20-10-12-24-4-2)21-13-17(23)22-11-9-15-7-5-6-8-16(15)14-22/h5-8H,3-4,9-14H2,1-2H3,(H2,19,20,21). The SMILES string of the molecule is CCNC(=NCC(=O)N1CCc2ccccc2C1)NCCOCC. The van der Waals surface area contributed by atoms with E-state index in [0.717, 1.165) is 19.5 Å². The molecule has 2 N–H and O–H groups in total. The first-order chi connectivity index (χ1) is 11.7. The van der Waals surface area contributed by atoms with Crippen molar-refractivity contribution in [2.24, 2.45) is 4.99 Å². The molecule has 0 bridgehead atoms. The third kappa shape index (κ3) is 5.53. The van der Waals surface area contributed by atoms with Crippen molar-refractivity contribution in [3.8, 4) is 0 Å². The molecule has 0 aliphatic carbocycles. The topological polar surface area (TPSA) is 66.0 Å². The zero-order chi connectivity index (χ0) is 17.2. The van der Waals surface area contributed by atoms with Gasteiger partial charge in [0.25, 0.3) is 0 Å². The minimum atomic E-state index is 0.0616. The molecule has 6 nitrogen and oxygen atoms in total. The van der Waals surface area contributed by atoms with E-state index in [0.29, 0.717) is 32.3 Å². The summed E-state index contributed by atoms with van der Waals surface area (Å²) in [5.41, 5.74) is 2.58. The van der Waals surface area contributed by atoms with Gasteiger partial charge in [0.15, 0.2) is 5.96 Å². The summed E-state index contributed by atoms with van der Waals surface area (Å²) in [6.07, 6.45) is 0.915. The molecule has 1 heterocycles. The predicted molar refractivity (Wildman–Crippen MR) is 96.0 cm³/mol. The van der Waals surface area contributed by atoms with E-state index in [2.05, 4.69) is 33.8 Å². The number of aliphatic imine (C=N–C) groups is 1. The lowest BCUT2D eigenvalue weighted by Gasteiger charge is -2.28. The van der Waals surface area contributed by atoms with Gasteiger partial charge in [-0.25, -0.2) is 4.99 Å². The van der Waals surface area contributed by atoms with Crippen LogP contribution in [-0.4, -0.2) is 56.2 Å². The van der Waals surface area contributed by atoms with E-state index < -0.39 is 0 Å². The minimum Gasteiger partial charge on any atom is -0.380 e. The van der Waals surface area contributed by atoms with Gasteiger partial charge in [-0.1, -0.05) is 24.3 Å². The quantitative estimate of drug-likeness (QED) is 0.447. The Morgan fingerprint density at radius 2 is 2.04 bits per heavy atom. The maximum atomic E-state index is 12.4. The molecule has 6 heteroatoms. The van der Waals surface area contributed by atoms with E-state index in [-0.39, 0.29) is 12.5 Å². The van der Waals surface area contributed by atoms with Crippen molar-refractivity contribution in [3.05, 3.63) is 35.4 Å². The molecule has 0 atom stereocenters. The summed E-state index contributed by atoms with van der Waals surface area (Å²) < 4.78 is 5.30. The Labute approximate surface area is 144 Å². The average Bonchev–Trinajstić information content (AvgIpc) is 2.62. The van der Waals surface area contributed by atoms with Crippen LogP contribution in [-0.2, 0) is 22.5 Å². The van der Waals surface area contributed by atoms with Crippen molar-refractivity contribution in [2.45, 2.75) is 26.8 Å². The van der Waals surface area contributed by atoms with Gasteiger partial charge in [0.2, 0.25) is 5.91 Å². The molecule has 1 aliphatic rings. The van der Waals surface area contributed by atoms with E-state index in [1.54, 1.807) is 0 Å². The fourth-order valence-electron chi connectivity index (χ4n) is 2.68. The number of hydrogen-bond donors (Lipinski definition) is 2. The molecule has 0 aromatic heterocycles. The lowest BCUT2D eigenvalue weighted by atomic mass is 10.00. The highest BCUT2D eigenvalue weighted by molar-refractivity contribution is 5.85. The number of ether oxygens (including phenoxy) is 1. The van der Waals surface area contributed by atoms with Gasteiger partial charge in [0.1, 0.15) is 6.54 Å². The number of guanidine groups is 1. The molecule has 1 aliphatic heterocycles. The van der Waals surface area contributed by atoms with E-state index in [4.69, 9.17) is 4.74 Å². The second kappa shape index (κ2) is 9.93. The smallest absolute Gasteiger partial charge is 0.244 e. The summed E-state index contributed by atoms with van der Waals surface area (Å²) in [5, 5.41) is 6.32. The first kappa shape index (κ1) is 18.3. The summed E-state index contributed by atoms with van der Waals surface area (Å²) in [6, 6.07) is 8.31. The van der Waals surface area contributed by atoms with Crippen molar-refractivity contribution in [2.75, 3.05) is 39.4 Å². The predicted octanol–water partition coefficient (Wildman–Crippen LogP) is 1.16. The van der Waals surface area contributed by atoms with Crippen LogP contribution in [0.15, 0.2) is 29.3 Å². The number of fused-ring (bicyclic) bond motifs is 1. The lowest BCUT2D eigenvalue weighted by Crippen LogP contribution is -2.41. The van der Waals surface area contributed by atoms with Gasteiger partial charge < -0.3 is 20.3 Å². The fraction of sp³-hybridized carbons (Fsp3) is 0.556. The Kier molecular flexibility index (Phi) is 7.55. The second-order valence-corrected chi connectivity index (χ2v) is 5.65. The molecule has 0 spiro atoms. The van der Waals surface area contributed by atoms with Crippen LogP contribution in [0.5, 0.6) is 0 Å². The highest BCUT2D eigenvalue weighted by atomic mass is 16.5. The third-order valence-electron chi connectivity index (χ3n) is 3.94. The number of carbonyl (C=O) groups is 1. The number of carbonyl (C=O) groups excluding carboxylic acids is 1. The van der Waals surface area contributed by atoms with Gasteiger partial charge in [-0.2, -0.15) is 0 Å². The number of rotatable bonds is 7. The van der Waals surface area contributed by atoms with Crippen LogP contribution in [0.4, 0.5) is 0 Å². The summed E-state index contributed by atoms with van der Waals surface area (Å²) in [6.45, 7) is 8.32. The molecule has 0 fully saturated rings. The Hall–Kier alpha value is -2.08. The number of nitrogens with one attached hydrogen (secondary N) is 2. The van der Waals surface area contributed by atoms with E-state index in [1.165, 1.54) is 11.1 Å². The Morgan fingerprint density at radius 3 is 2.79 bits per heavy atom. The van der Waals surface area contributed by atoms with Crippen LogP contribution in [0.1, 0.15) is 25.0 Å². The molecule has 0 saturated carbocycles. The summed E-state index contributed by atoms with van der Waals surface area (Å²) in [5.74, 6) is 0.717. The minimum absolute atomic E-state index is 0.0616. The number of amides is 1. The second-order valence-electron chi connectivity index (χ2n) is 5.65. The molecular weight excluding hydrogens is 304 g/mol. The zero-order valence-electron chi connectivity index (χ0n) is 14.7. The van der Waals surface area contributed by atoms with Gasteiger partial charge in [0, 0.05) is 32.8 Å². The summed E-state index contributed by atoms with van der Waals surface area (Å²) in [7, 11) is 0. The van der Waals surface area contributed by atoms with Gasteiger partial charge in [0.05, 0.1) is 6.61 Å². The molecule has 0 unspecified atom stereocenters. The monoisotopic (exact) mass is 332 g/mol.